The van der Waals surface area contributed by atoms with Gasteiger partial charge in [-0.25, -0.2) is 4.79 Å². The van der Waals surface area contributed by atoms with E-state index >= 15 is 0 Å². The largest absolute Gasteiger partial charge is 0.483 e. The SMILES string of the molecule is CSCC[C@@H](CO)NC(=O)COc1ccc2c(C)c(C)c(=O)oc2c1C. The van der Waals surface area contributed by atoms with Gasteiger partial charge in [-0.05, 0) is 56.9 Å². The summed E-state index contributed by atoms with van der Waals surface area (Å²) in [6.07, 6.45) is 2.67. The summed E-state index contributed by atoms with van der Waals surface area (Å²) in [4.78, 5) is 24.0. The summed E-state index contributed by atoms with van der Waals surface area (Å²) in [5, 5.41) is 12.9. The van der Waals surface area contributed by atoms with Crippen molar-refractivity contribution in [1.82, 2.24) is 5.32 Å². The summed E-state index contributed by atoms with van der Waals surface area (Å²) in [6.45, 7) is 5.13. The number of amides is 1. The molecule has 0 unspecified atom stereocenters. The van der Waals surface area contributed by atoms with Gasteiger partial charge in [-0.3, -0.25) is 4.79 Å². The highest BCUT2D eigenvalue weighted by Crippen LogP contribution is 2.29. The first-order valence-corrected chi connectivity index (χ1v) is 9.84. The second-order valence-electron chi connectivity index (χ2n) is 6.22. The molecule has 2 rings (SSSR count). The molecule has 2 N–H and O–H groups in total. The summed E-state index contributed by atoms with van der Waals surface area (Å²) >= 11 is 1.66. The minimum absolute atomic E-state index is 0.106. The highest BCUT2D eigenvalue weighted by atomic mass is 32.2. The number of nitrogens with one attached hydrogen (secondary N) is 1. The number of rotatable bonds is 8. The van der Waals surface area contributed by atoms with Crippen molar-refractivity contribution in [1.29, 1.82) is 0 Å². The van der Waals surface area contributed by atoms with Crippen LogP contribution in [0.1, 0.15) is 23.1 Å². The normalized spacial score (nSPS) is 12.2. The van der Waals surface area contributed by atoms with E-state index in [-0.39, 0.29) is 30.8 Å². The van der Waals surface area contributed by atoms with E-state index < -0.39 is 0 Å². The number of hydrogen-bond donors (Lipinski definition) is 2. The molecule has 1 heterocycles. The zero-order chi connectivity index (χ0) is 19.3. The van der Waals surface area contributed by atoms with Crippen molar-refractivity contribution in [2.75, 3.05) is 25.2 Å². The summed E-state index contributed by atoms with van der Waals surface area (Å²) < 4.78 is 11.0. The van der Waals surface area contributed by atoms with Crippen LogP contribution in [0.15, 0.2) is 21.3 Å². The van der Waals surface area contributed by atoms with E-state index in [0.717, 1.165) is 16.7 Å². The second kappa shape index (κ2) is 9.09. The van der Waals surface area contributed by atoms with E-state index in [2.05, 4.69) is 5.32 Å². The number of carbonyl (C=O) groups is 1. The van der Waals surface area contributed by atoms with Crippen molar-refractivity contribution in [3.63, 3.8) is 0 Å². The first-order chi connectivity index (χ1) is 12.4. The van der Waals surface area contributed by atoms with Gasteiger partial charge in [0.15, 0.2) is 6.61 Å². The van der Waals surface area contributed by atoms with Crippen LogP contribution in [-0.2, 0) is 4.79 Å². The predicted octanol–water partition coefficient (Wildman–Crippen LogP) is 2.33. The fourth-order valence-corrected chi connectivity index (χ4v) is 3.18. The molecule has 0 radical (unpaired) electrons. The fraction of sp³-hybridized carbons (Fsp3) is 0.474. The standard InChI is InChI=1S/C19H25NO5S/c1-11-12(2)19(23)25-18-13(3)16(6-5-15(11)18)24-10-17(22)20-14(9-21)7-8-26-4/h5-6,14,21H,7-10H2,1-4H3,(H,20,22)/t14-/m0/s1. The number of ether oxygens (including phenoxy) is 1. The molecule has 1 atom stereocenters. The smallest absolute Gasteiger partial charge is 0.339 e. The lowest BCUT2D eigenvalue weighted by molar-refractivity contribution is -0.124. The molecule has 0 fully saturated rings. The Morgan fingerprint density at radius 1 is 1.27 bits per heavy atom. The van der Waals surface area contributed by atoms with E-state index in [1.54, 1.807) is 31.7 Å². The number of aliphatic hydroxyl groups is 1. The quantitative estimate of drug-likeness (QED) is 0.685. The monoisotopic (exact) mass is 379 g/mol. The Bertz CT molecular complexity index is 846. The molecule has 142 valence electrons. The van der Waals surface area contributed by atoms with Crippen LogP contribution in [0.4, 0.5) is 0 Å². The number of aliphatic hydroxyl groups excluding tert-OH is 1. The van der Waals surface area contributed by atoms with Crippen molar-refractivity contribution < 1.29 is 19.1 Å². The molecular formula is C19H25NO5S. The Morgan fingerprint density at radius 3 is 2.65 bits per heavy atom. The van der Waals surface area contributed by atoms with Gasteiger partial charge in [0.2, 0.25) is 0 Å². The topological polar surface area (TPSA) is 88.8 Å². The van der Waals surface area contributed by atoms with Crippen LogP contribution < -0.4 is 15.7 Å². The maximum Gasteiger partial charge on any atom is 0.339 e. The molecule has 26 heavy (non-hydrogen) atoms. The maximum absolute atomic E-state index is 12.0. The van der Waals surface area contributed by atoms with Gasteiger partial charge < -0.3 is 19.6 Å². The van der Waals surface area contributed by atoms with Gasteiger partial charge in [-0.15, -0.1) is 0 Å². The highest BCUT2D eigenvalue weighted by Gasteiger charge is 2.15. The molecule has 0 aliphatic rings. The van der Waals surface area contributed by atoms with E-state index in [1.165, 1.54) is 0 Å². The van der Waals surface area contributed by atoms with Crippen LogP contribution in [0.25, 0.3) is 11.0 Å². The van der Waals surface area contributed by atoms with E-state index in [9.17, 15) is 14.7 Å². The van der Waals surface area contributed by atoms with Crippen molar-refractivity contribution in [3.05, 3.63) is 39.2 Å². The molecule has 0 spiro atoms. The van der Waals surface area contributed by atoms with Crippen LogP contribution in [-0.4, -0.2) is 42.3 Å². The minimum atomic E-state index is -0.368. The molecule has 0 bridgehead atoms. The van der Waals surface area contributed by atoms with Gasteiger partial charge in [0.1, 0.15) is 11.3 Å². The average molecular weight is 379 g/mol. The van der Waals surface area contributed by atoms with Crippen molar-refractivity contribution in [2.24, 2.45) is 0 Å². The maximum atomic E-state index is 12.0. The van der Waals surface area contributed by atoms with Crippen molar-refractivity contribution >= 4 is 28.6 Å². The highest BCUT2D eigenvalue weighted by molar-refractivity contribution is 7.98. The molecule has 0 aliphatic carbocycles. The summed E-state index contributed by atoms with van der Waals surface area (Å²) in [5.41, 5.74) is 2.25. The van der Waals surface area contributed by atoms with Gasteiger partial charge >= 0.3 is 5.63 Å². The van der Waals surface area contributed by atoms with Crippen LogP contribution in [0.3, 0.4) is 0 Å². The number of hydrogen-bond acceptors (Lipinski definition) is 6. The molecule has 1 aromatic carbocycles. The van der Waals surface area contributed by atoms with Crippen molar-refractivity contribution in [2.45, 2.75) is 33.2 Å². The molecule has 1 amide bonds. The average Bonchev–Trinajstić information content (AvgIpc) is 2.63. The number of fused-ring (bicyclic) bond motifs is 1. The van der Waals surface area contributed by atoms with E-state index in [0.29, 0.717) is 28.9 Å². The van der Waals surface area contributed by atoms with Gasteiger partial charge in [0.25, 0.3) is 5.91 Å². The van der Waals surface area contributed by atoms with Gasteiger partial charge in [0, 0.05) is 16.5 Å². The van der Waals surface area contributed by atoms with Gasteiger partial charge in [-0.1, -0.05) is 0 Å². The molecule has 7 heteroatoms. The van der Waals surface area contributed by atoms with E-state index in [1.807, 2.05) is 19.2 Å². The molecule has 2 aromatic rings. The second-order valence-corrected chi connectivity index (χ2v) is 7.21. The Balaban J connectivity index is 2.12. The lowest BCUT2D eigenvalue weighted by Crippen LogP contribution is -2.40. The van der Waals surface area contributed by atoms with Crippen LogP contribution in [0.2, 0.25) is 0 Å². The Labute approximate surface area is 156 Å². The fourth-order valence-electron chi connectivity index (χ4n) is 2.66. The Kier molecular flexibility index (Phi) is 7.11. The Morgan fingerprint density at radius 2 is 2.00 bits per heavy atom. The van der Waals surface area contributed by atoms with Crippen LogP contribution >= 0.6 is 11.8 Å². The first-order valence-electron chi connectivity index (χ1n) is 8.44. The van der Waals surface area contributed by atoms with Gasteiger partial charge in [0.05, 0.1) is 12.6 Å². The van der Waals surface area contributed by atoms with Crippen LogP contribution in [0, 0.1) is 20.8 Å². The lowest BCUT2D eigenvalue weighted by Gasteiger charge is -2.16. The number of thioether (sulfide) groups is 1. The first kappa shape index (κ1) is 20.3. The summed E-state index contributed by atoms with van der Waals surface area (Å²) in [5.74, 6) is 1.04. The summed E-state index contributed by atoms with van der Waals surface area (Å²) in [7, 11) is 0. The van der Waals surface area contributed by atoms with Crippen LogP contribution in [0.5, 0.6) is 5.75 Å². The zero-order valence-electron chi connectivity index (χ0n) is 15.5. The number of benzene rings is 1. The molecule has 0 aliphatic heterocycles. The minimum Gasteiger partial charge on any atom is -0.483 e. The third-order valence-corrected chi connectivity index (χ3v) is 5.08. The van der Waals surface area contributed by atoms with E-state index in [4.69, 9.17) is 9.15 Å². The predicted molar refractivity (Wildman–Crippen MR) is 104 cm³/mol. The Hall–Kier alpha value is -1.99. The van der Waals surface area contributed by atoms with Gasteiger partial charge in [-0.2, -0.15) is 11.8 Å². The zero-order valence-corrected chi connectivity index (χ0v) is 16.4. The lowest BCUT2D eigenvalue weighted by atomic mass is 10.0. The molecule has 0 saturated heterocycles. The molecule has 6 nitrogen and oxygen atoms in total. The molecule has 1 aromatic heterocycles. The summed E-state index contributed by atoms with van der Waals surface area (Å²) in [6, 6.07) is 3.32. The molecular weight excluding hydrogens is 354 g/mol. The third-order valence-electron chi connectivity index (χ3n) is 4.44. The molecule has 0 saturated carbocycles. The van der Waals surface area contributed by atoms with Crippen molar-refractivity contribution in [3.8, 4) is 5.75 Å². The third kappa shape index (κ3) is 4.59. The number of carbonyl (C=O) groups excluding carboxylic acids is 1. The number of aryl methyl sites for hydroxylation is 2.